The van der Waals surface area contributed by atoms with Gasteiger partial charge in [-0.1, -0.05) is 0 Å². The van der Waals surface area contributed by atoms with Crippen LogP contribution in [0, 0.1) is 11.3 Å². The summed E-state index contributed by atoms with van der Waals surface area (Å²) in [6.07, 6.45) is 4.44. The Morgan fingerprint density at radius 2 is 2.04 bits per heavy atom. The molecule has 0 fully saturated rings. The maximum atomic E-state index is 12.9. The molecule has 1 aliphatic heterocycles. The van der Waals surface area contributed by atoms with E-state index < -0.39 is 17.4 Å². The van der Waals surface area contributed by atoms with E-state index in [-0.39, 0.29) is 21.6 Å². The SMILES string of the molecule is N#CC1=C(N)n2c(s/c(=C\c3ccco3)c2=O)=C(C(N)=O)[C@@H]1c1ccco1. The number of fused-ring (bicyclic) bond motifs is 1. The average molecular weight is 380 g/mol. The number of carbonyl (C=O) groups is 1. The van der Waals surface area contributed by atoms with Gasteiger partial charge < -0.3 is 20.3 Å². The molecule has 3 aromatic rings. The highest BCUT2D eigenvalue weighted by molar-refractivity contribution is 7.07. The Morgan fingerprint density at radius 3 is 2.63 bits per heavy atom. The Kier molecular flexibility index (Phi) is 3.83. The van der Waals surface area contributed by atoms with Gasteiger partial charge in [0.2, 0.25) is 5.91 Å². The molecule has 9 heteroatoms. The van der Waals surface area contributed by atoms with Crippen molar-refractivity contribution in [1.29, 1.82) is 5.26 Å². The number of nitrogens with two attached hydrogens (primary N) is 2. The molecular weight excluding hydrogens is 368 g/mol. The first-order valence-corrected chi connectivity index (χ1v) is 8.59. The summed E-state index contributed by atoms with van der Waals surface area (Å²) in [5, 5.41) is 9.63. The summed E-state index contributed by atoms with van der Waals surface area (Å²) < 4.78 is 12.3. The van der Waals surface area contributed by atoms with Crippen LogP contribution in [0.2, 0.25) is 0 Å². The fourth-order valence-corrected chi connectivity index (χ4v) is 4.19. The number of allylic oxidation sites excluding steroid dienone is 1. The second-order valence-electron chi connectivity index (χ2n) is 5.71. The van der Waals surface area contributed by atoms with E-state index in [0.717, 1.165) is 15.9 Å². The lowest BCUT2D eigenvalue weighted by molar-refractivity contribution is -0.113. The van der Waals surface area contributed by atoms with Crippen molar-refractivity contribution in [2.75, 3.05) is 0 Å². The maximum absolute atomic E-state index is 12.9. The highest BCUT2D eigenvalue weighted by Gasteiger charge is 2.36. The molecule has 0 unspecified atom stereocenters. The van der Waals surface area contributed by atoms with Crippen molar-refractivity contribution >= 4 is 34.7 Å². The second-order valence-corrected chi connectivity index (χ2v) is 6.74. The number of furan rings is 2. The fourth-order valence-electron chi connectivity index (χ4n) is 3.03. The Labute approximate surface area is 155 Å². The lowest BCUT2D eigenvalue weighted by atomic mass is 9.87. The van der Waals surface area contributed by atoms with E-state index in [1.807, 2.05) is 6.07 Å². The summed E-state index contributed by atoms with van der Waals surface area (Å²) in [5.74, 6) is -0.892. The van der Waals surface area contributed by atoms with Gasteiger partial charge in [0.15, 0.2) is 0 Å². The monoisotopic (exact) mass is 380 g/mol. The average Bonchev–Trinajstić information content (AvgIpc) is 3.37. The van der Waals surface area contributed by atoms with Crippen LogP contribution in [0.1, 0.15) is 17.4 Å². The second kappa shape index (κ2) is 6.19. The van der Waals surface area contributed by atoms with E-state index in [2.05, 4.69) is 0 Å². The number of hydrogen-bond donors (Lipinski definition) is 2. The van der Waals surface area contributed by atoms with E-state index >= 15 is 0 Å². The smallest absolute Gasteiger partial charge is 0.274 e. The van der Waals surface area contributed by atoms with Crippen LogP contribution in [-0.4, -0.2) is 10.5 Å². The third-order valence-electron chi connectivity index (χ3n) is 4.18. The molecule has 4 N–H and O–H groups in total. The topological polar surface area (TPSA) is 141 Å². The highest BCUT2D eigenvalue weighted by atomic mass is 32.1. The molecule has 1 amide bonds. The summed E-state index contributed by atoms with van der Waals surface area (Å²) in [6, 6.07) is 8.61. The van der Waals surface area contributed by atoms with Gasteiger partial charge >= 0.3 is 0 Å². The van der Waals surface area contributed by atoms with E-state index in [0.29, 0.717) is 16.1 Å². The molecule has 0 saturated carbocycles. The minimum Gasteiger partial charge on any atom is -0.468 e. The number of aromatic nitrogens is 1. The van der Waals surface area contributed by atoms with Gasteiger partial charge in [0.25, 0.3) is 5.56 Å². The number of hydrogen-bond acceptors (Lipinski definition) is 7. The van der Waals surface area contributed by atoms with Crippen molar-refractivity contribution in [3.8, 4) is 6.07 Å². The van der Waals surface area contributed by atoms with Crippen molar-refractivity contribution in [2.24, 2.45) is 11.5 Å². The molecule has 0 spiro atoms. The predicted octanol–water partition coefficient (Wildman–Crippen LogP) is 0.00888. The van der Waals surface area contributed by atoms with Crippen LogP contribution in [0.15, 0.2) is 56.0 Å². The number of rotatable bonds is 3. The Morgan fingerprint density at radius 1 is 1.30 bits per heavy atom. The minimum absolute atomic E-state index is 0.0238. The van der Waals surface area contributed by atoms with Crippen molar-refractivity contribution < 1.29 is 13.6 Å². The van der Waals surface area contributed by atoms with Gasteiger partial charge in [0.1, 0.15) is 22.0 Å². The first kappa shape index (κ1) is 16.7. The number of carbonyl (C=O) groups excluding carboxylic acids is 1. The summed E-state index contributed by atoms with van der Waals surface area (Å²) >= 11 is 1.05. The van der Waals surface area contributed by atoms with E-state index in [4.69, 9.17) is 20.3 Å². The first-order chi connectivity index (χ1) is 13.0. The quantitative estimate of drug-likeness (QED) is 0.655. The largest absolute Gasteiger partial charge is 0.468 e. The van der Waals surface area contributed by atoms with Gasteiger partial charge in [0.05, 0.1) is 40.2 Å². The van der Waals surface area contributed by atoms with Gasteiger partial charge in [0, 0.05) is 6.08 Å². The molecule has 0 saturated heterocycles. The van der Waals surface area contributed by atoms with E-state index in [1.54, 1.807) is 24.3 Å². The Balaban J connectivity index is 2.13. The number of primary amides is 1. The predicted molar refractivity (Wildman–Crippen MR) is 97.2 cm³/mol. The number of amides is 1. The molecule has 0 aromatic carbocycles. The molecule has 27 heavy (non-hydrogen) atoms. The van der Waals surface area contributed by atoms with Gasteiger partial charge in [-0.15, -0.1) is 11.3 Å². The van der Waals surface area contributed by atoms with Gasteiger partial charge in [-0.3, -0.25) is 14.2 Å². The standard InChI is InChI=1S/C18H12N4O4S/c19-8-10-13(11-4-2-6-26-11)14(16(21)23)18-22(15(10)20)17(24)12(27-18)7-9-3-1-5-25-9/h1-7,13H,20H2,(H2,21,23)/b12-7-/t13-/m0/s1. The first-order valence-electron chi connectivity index (χ1n) is 7.77. The van der Waals surface area contributed by atoms with Crippen LogP contribution in [0.3, 0.4) is 0 Å². The van der Waals surface area contributed by atoms with Crippen LogP contribution < -0.4 is 26.2 Å². The summed E-state index contributed by atoms with van der Waals surface area (Å²) in [4.78, 5) is 25.1. The molecular formula is C18H12N4O4S. The Bertz CT molecular complexity index is 1280. The maximum Gasteiger partial charge on any atom is 0.274 e. The highest BCUT2D eigenvalue weighted by Crippen LogP contribution is 2.35. The molecule has 0 radical (unpaired) electrons. The number of thiazole rings is 1. The van der Waals surface area contributed by atoms with Crippen LogP contribution in [0.4, 0.5) is 0 Å². The van der Waals surface area contributed by atoms with Crippen LogP contribution in [0.5, 0.6) is 0 Å². The van der Waals surface area contributed by atoms with Crippen molar-refractivity contribution in [1.82, 2.24) is 4.57 Å². The lowest BCUT2D eigenvalue weighted by Crippen LogP contribution is -2.40. The van der Waals surface area contributed by atoms with E-state index in [1.165, 1.54) is 18.6 Å². The summed E-state index contributed by atoms with van der Waals surface area (Å²) in [6.45, 7) is 0. The lowest BCUT2D eigenvalue weighted by Gasteiger charge is -2.22. The molecule has 0 bridgehead atoms. The third-order valence-corrected chi connectivity index (χ3v) is 5.29. The summed E-state index contributed by atoms with van der Waals surface area (Å²) in [7, 11) is 0. The molecule has 4 heterocycles. The fraction of sp³-hybridized carbons (Fsp3) is 0.0556. The molecule has 8 nitrogen and oxygen atoms in total. The van der Waals surface area contributed by atoms with Crippen molar-refractivity contribution in [3.63, 3.8) is 0 Å². The van der Waals surface area contributed by atoms with Crippen molar-refractivity contribution in [3.05, 3.63) is 73.4 Å². The zero-order valence-electron chi connectivity index (χ0n) is 13.7. The van der Waals surface area contributed by atoms with Gasteiger partial charge in [-0.25, -0.2) is 0 Å². The molecule has 134 valence electrons. The Hall–Kier alpha value is -3.77. The zero-order chi connectivity index (χ0) is 19.1. The molecule has 0 aliphatic carbocycles. The number of nitriles is 1. The molecule has 3 aromatic heterocycles. The minimum atomic E-state index is -0.878. The normalized spacial score (nSPS) is 17.1. The van der Waals surface area contributed by atoms with Crippen molar-refractivity contribution in [2.45, 2.75) is 5.92 Å². The third kappa shape index (κ3) is 2.51. The summed E-state index contributed by atoms with van der Waals surface area (Å²) in [5.41, 5.74) is 11.4. The van der Waals surface area contributed by atoms with Crippen LogP contribution in [0.25, 0.3) is 17.5 Å². The van der Waals surface area contributed by atoms with E-state index in [9.17, 15) is 14.9 Å². The van der Waals surface area contributed by atoms with Crippen LogP contribution in [-0.2, 0) is 4.79 Å². The number of nitrogens with zero attached hydrogens (tertiary/aromatic N) is 2. The zero-order valence-corrected chi connectivity index (χ0v) is 14.5. The molecule has 1 aliphatic rings. The van der Waals surface area contributed by atoms with Crippen LogP contribution >= 0.6 is 11.3 Å². The van der Waals surface area contributed by atoms with Gasteiger partial charge in [-0.05, 0) is 24.3 Å². The van der Waals surface area contributed by atoms with Gasteiger partial charge in [-0.2, -0.15) is 5.26 Å². The molecule has 4 rings (SSSR count). The molecule has 1 atom stereocenters.